The van der Waals surface area contributed by atoms with Gasteiger partial charge >= 0.3 is 5.97 Å². The Kier molecular flexibility index (Phi) is 5.20. The summed E-state index contributed by atoms with van der Waals surface area (Å²) in [5.74, 6) is 0.307. The van der Waals surface area contributed by atoms with Crippen molar-refractivity contribution in [3.63, 3.8) is 0 Å². The van der Waals surface area contributed by atoms with Gasteiger partial charge in [-0.15, -0.1) is 10.2 Å². The van der Waals surface area contributed by atoms with Crippen molar-refractivity contribution >= 4 is 16.9 Å². The average Bonchev–Trinajstić information content (AvgIpc) is 3.18. The lowest BCUT2D eigenvalue weighted by atomic mass is 9.97. The molecule has 0 N–H and O–H groups in total. The zero-order chi connectivity index (χ0) is 21.2. The molecule has 2 aromatic carbocycles. The highest BCUT2D eigenvalue weighted by molar-refractivity contribution is 6.05. The van der Waals surface area contributed by atoms with Gasteiger partial charge in [0.15, 0.2) is 6.10 Å². The van der Waals surface area contributed by atoms with E-state index in [2.05, 4.69) is 10.2 Å². The molecule has 2 aromatic heterocycles. The van der Waals surface area contributed by atoms with Crippen LogP contribution in [0.1, 0.15) is 59.8 Å². The van der Waals surface area contributed by atoms with Crippen molar-refractivity contribution in [2.24, 2.45) is 0 Å². The van der Waals surface area contributed by atoms with E-state index in [-0.39, 0.29) is 11.9 Å². The van der Waals surface area contributed by atoms with Gasteiger partial charge in [-0.25, -0.2) is 4.79 Å². The van der Waals surface area contributed by atoms with E-state index >= 15 is 0 Å². The number of carbonyl (C=O) groups excluding carboxylic acids is 1. The predicted molar refractivity (Wildman–Crippen MR) is 117 cm³/mol. The molecule has 0 aliphatic heterocycles. The van der Waals surface area contributed by atoms with Crippen molar-refractivity contribution in [3.8, 4) is 11.5 Å². The molecule has 0 fully saturated rings. The van der Waals surface area contributed by atoms with Crippen LogP contribution in [0.4, 0.5) is 0 Å². The molecule has 0 spiro atoms. The summed E-state index contributed by atoms with van der Waals surface area (Å²) in [6.07, 6.45) is 4.35. The van der Waals surface area contributed by atoms with E-state index in [1.165, 1.54) is 0 Å². The Labute approximate surface area is 180 Å². The molecule has 0 radical (unpaired) electrons. The number of aromatic nitrogens is 3. The highest BCUT2D eigenvalue weighted by Gasteiger charge is 2.26. The molecular weight excluding hydrogens is 390 g/mol. The first-order valence-electron chi connectivity index (χ1n) is 10.7. The van der Waals surface area contributed by atoms with Crippen molar-refractivity contribution in [1.29, 1.82) is 0 Å². The van der Waals surface area contributed by atoms with Gasteiger partial charge in [-0.1, -0.05) is 42.8 Å². The second-order valence-corrected chi connectivity index (χ2v) is 7.85. The number of nitrogens with zero attached hydrogens (tertiary/aromatic N) is 3. The van der Waals surface area contributed by atoms with Crippen LogP contribution in [0.3, 0.4) is 0 Å². The molecule has 0 saturated carbocycles. The molecule has 0 amide bonds. The number of aryl methyl sites for hydroxylation is 1. The Balaban J connectivity index is 1.47. The third-order valence-corrected chi connectivity index (χ3v) is 5.72. The summed E-state index contributed by atoms with van der Waals surface area (Å²) in [4.78, 5) is 18.2. The van der Waals surface area contributed by atoms with Gasteiger partial charge in [-0.2, -0.15) is 0 Å². The highest BCUT2D eigenvalue weighted by atomic mass is 16.6. The highest BCUT2D eigenvalue weighted by Crippen LogP contribution is 2.31. The zero-order valence-corrected chi connectivity index (χ0v) is 17.4. The number of para-hydroxylation sites is 1. The van der Waals surface area contributed by atoms with Crippen LogP contribution in [0.15, 0.2) is 59.0 Å². The third kappa shape index (κ3) is 3.81. The molecule has 6 heteroatoms. The minimum Gasteiger partial charge on any atom is -0.449 e. The van der Waals surface area contributed by atoms with E-state index in [0.29, 0.717) is 11.5 Å². The Hall–Kier alpha value is -3.54. The van der Waals surface area contributed by atoms with Crippen LogP contribution >= 0.6 is 0 Å². The molecule has 156 valence electrons. The lowest BCUT2D eigenvalue weighted by Gasteiger charge is -2.16. The fourth-order valence-electron chi connectivity index (χ4n) is 4.15. The van der Waals surface area contributed by atoms with E-state index in [1.54, 1.807) is 6.92 Å². The quantitative estimate of drug-likeness (QED) is 0.326. The van der Waals surface area contributed by atoms with Crippen molar-refractivity contribution in [2.45, 2.75) is 45.1 Å². The Bertz CT molecular complexity index is 1230. The number of ether oxygens (including phenoxy) is 1. The first kappa shape index (κ1) is 19.4. The molecule has 0 saturated heterocycles. The minimum atomic E-state index is -0.661. The molecule has 0 bridgehead atoms. The molecule has 1 unspecified atom stereocenters. The summed E-state index contributed by atoms with van der Waals surface area (Å²) in [7, 11) is 0. The zero-order valence-electron chi connectivity index (χ0n) is 17.4. The van der Waals surface area contributed by atoms with Crippen LogP contribution in [0.2, 0.25) is 0 Å². The molecule has 31 heavy (non-hydrogen) atoms. The summed E-state index contributed by atoms with van der Waals surface area (Å²) in [6.45, 7) is 1.75. The molecule has 4 aromatic rings. The van der Waals surface area contributed by atoms with Crippen molar-refractivity contribution in [1.82, 2.24) is 15.2 Å². The lowest BCUT2D eigenvalue weighted by Crippen LogP contribution is -2.14. The number of hydrogen-bond acceptors (Lipinski definition) is 6. The van der Waals surface area contributed by atoms with E-state index in [4.69, 9.17) is 14.1 Å². The second kappa shape index (κ2) is 8.30. The van der Waals surface area contributed by atoms with Crippen molar-refractivity contribution < 1.29 is 13.9 Å². The Morgan fingerprint density at radius 2 is 1.74 bits per heavy atom. The van der Waals surface area contributed by atoms with E-state index in [0.717, 1.165) is 59.8 Å². The standard InChI is InChI=1S/C25H23N3O3/c1-16(23-27-28-24(31-23)17-10-4-2-5-11-17)30-25(29)22-18-12-6-3-7-14-20(18)26-21-15-9-8-13-19(21)22/h2,4-5,8-11,13,15-16H,3,6-7,12,14H2,1H3. The fraction of sp³-hybridized carbons (Fsp3) is 0.280. The first-order chi connectivity index (χ1) is 15.2. The van der Waals surface area contributed by atoms with Gasteiger partial charge in [0.05, 0.1) is 11.1 Å². The predicted octanol–water partition coefficient (Wildman–Crippen LogP) is 5.47. The van der Waals surface area contributed by atoms with Crippen LogP contribution < -0.4 is 0 Å². The van der Waals surface area contributed by atoms with E-state index < -0.39 is 6.10 Å². The monoisotopic (exact) mass is 413 g/mol. The lowest BCUT2D eigenvalue weighted by molar-refractivity contribution is 0.0280. The topological polar surface area (TPSA) is 78.1 Å². The summed E-state index contributed by atoms with van der Waals surface area (Å²) in [5.41, 5.74) is 4.30. The molecule has 5 rings (SSSR count). The van der Waals surface area contributed by atoms with E-state index in [1.807, 2.05) is 54.6 Å². The molecule has 1 atom stereocenters. The van der Waals surface area contributed by atoms with Crippen LogP contribution in [0.25, 0.3) is 22.4 Å². The maximum absolute atomic E-state index is 13.4. The molecule has 1 aliphatic rings. The van der Waals surface area contributed by atoms with Crippen molar-refractivity contribution in [2.75, 3.05) is 0 Å². The second-order valence-electron chi connectivity index (χ2n) is 7.85. The normalized spacial score (nSPS) is 14.6. The largest absolute Gasteiger partial charge is 0.449 e. The molecular formula is C25H23N3O3. The fourth-order valence-corrected chi connectivity index (χ4v) is 4.15. The van der Waals surface area contributed by atoms with Gasteiger partial charge in [0.2, 0.25) is 5.89 Å². The van der Waals surface area contributed by atoms with Gasteiger partial charge in [-0.3, -0.25) is 4.98 Å². The summed E-state index contributed by atoms with van der Waals surface area (Å²) >= 11 is 0. The molecule has 1 aliphatic carbocycles. The number of esters is 1. The third-order valence-electron chi connectivity index (χ3n) is 5.72. The van der Waals surface area contributed by atoms with Gasteiger partial charge in [0.25, 0.3) is 5.89 Å². The smallest absolute Gasteiger partial charge is 0.339 e. The van der Waals surface area contributed by atoms with Gasteiger partial charge < -0.3 is 9.15 Å². The van der Waals surface area contributed by atoms with Gasteiger partial charge in [0, 0.05) is 16.6 Å². The summed E-state index contributed by atoms with van der Waals surface area (Å²) in [5, 5.41) is 9.03. The Morgan fingerprint density at radius 3 is 2.61 bits per heavy atom. The summed E-state index contributed by atoms with van der Waals surface area (Å²) in [6, 6.07) is 17.3. The molecule has 2 heterocycles. The van der Waals surface area contributed by atoms with Gasteiger partial charge in [0.1, 0.15) is 0 Å². The maximum Gasteiger partial charge on any atom is 0.339 e. The number of pyridine rings is 1. The van der Waals surface area contributed by atoms with Crippen LogP contribution in [-0.4, -0.2) is 21.2 Å². The Morgan fingerprint density at radius 1 is 0.968 bits per heavy atom. The molecule has 6 nitrogen and oxygen atoms in total. The van der Waals surface area contributed by atoms with Gasteiger partial charge in [-0.05, 0) is 56.4 Å². The van der Waals surface area contributed by atoms with Crippen LogP contribution in [0, 0.1) is 0 Å². The minimum absolute atomic E-state index is 0.275. The number of fused-ring (bicyclic) bond motifs is 2. The summed E-state index contributed by atoms with van der Waals surface area (Å²) < 4.78 is 11.6. The number of hydrogen-bond donors (Lipinski definition) is 0. The average molecular weight is 413 g/mol. The SMILES string of the molecule is CC(OC(=O)c1c2c(nc3ccccc13)CCCCC2)c1nnc(-c2ccccc2)o1. The first-order valence-corrected chi connectivity index (χ1v) is 10.7. The van der Waals surface area contributed by atoms with Crippen LogP contribution in [-0.2, 0) is 17.6 Å². The number of rotatable bonds is 4. The number of benzene rings is 2. The number of carbonyl (C=O) groups is 1. The van der Waals surface area contributed by atoms with E-state index in [9.17, 15) is 4.79 Å². The maximum atomic E-state index is 13.4. The van der Waals surface area contributed by atoms with Crippen molar-refractivity contribution in [3.05, 3.63) is 77.3 Å². The van der Waals surface area contributed by atoms with Crippen LogP contribution in [0.5, 0.6) is 0 Å².